The second-order valence-electron chi connectivity index (χ2n) is 22.0. The molecule has 2 saturated heterocycles. The normalized spacial score (nSPS) is 31.2. The number of nitrogens with zero attached hydrogens (tertiary/aromatic N) is 3. The number of Topliss-reactive ketones (excluding diaryl/α,β-unsaturated/α-hetero) is 2. The van der Waals surface area contributed by atoms with Gasteiger partial charge < -0.3 is 10.2 Å². The van der Waals surface area contributed by atoms with Crippen molar-refractivity contribution in [3.05, 3.63) is 12.7 Å². The van der Waals surface area contributed by atoms with Gasteiger partial charge in [0.1, 0.15) is 0 Å². The molecule has 6 rings (SSSR count). The Labute approximate surface area is 361 Å². The van der Waals surface area contributed by atoms with E-state index in [9.17, 15) is 27.6 Å². The number of fused-ring (bicyclic) bond motifs is 1. The van der Waals surface area contributed by atoms with Crippen LogP contribution in [0.5, 0.6) is 0 Å². The fraction of sp³-hybridized carbons (Fsp3) is 0.851. The number of amides is 3. The summed E-state index contributed by atoms with van der Waals surface area (Å²) in [6.45, 7) is 23.3. The maximum Gasteiger partial charge on any atom is 0.303 e. The molecule has 2 heterocycles. The van der Waals surface area contributed by atoms with Crippen molar-refractivity contribution >= 4 is 39.5 Å². The zero-order valence-corrected chi connectivity index (χ0v) is 39.3. The van der Waals surface area contributed by atoms with Gasteiger partial charge in [0.05, 0.1) is 23.5 Å². The first kappa shape index (κ1) is 46.9. The molecule has 2 aliphatic heterocycles. The largest absolute Gasteiger partial charge is 0.345 e. The maximum absolute atomic E-state index is 15.4. The van der Waals surface area contributed by atoms with E-state index < -0.39 is 44.9 Å². The third kappa shape index (κ3) is 8.07. The number of allylic oxidation sites excluding steroid dienone is 1. The van der Waals surface area contributed by atoms with Crippen LogP contribution in [0.25, 0.3) is 0 Å². The first-order chi connectivity index (χ1) is 27.9. The summed E-state index contributed by atoms with van der Waals surface area (Å²) in [5, 5.41) is 3.27. The second-order valence-corrected chi connectivity index (χ2v) is 23.8. The van der Waals surface area contributed by atoms with E-state index in [0.717, 1.165) is 81.5 Å². The lowest BCUT2D eigenvalue weighted by Crippen LogP contribution is -2.57. The van der Waals surface area contributed by atoms with Crippen LogP contribution < -0.4 is 10.0 Å². The van der Waals surface area contributed by atoms with Gasteiger partial charge in [0.15, 0.2) is 11.6 Å². The molecule has 0 aromatic carbocycles. The smallest absolute Gasteiger partial charge is 0.303 e. The number of carbonyl (C=O) groups is 5. The van der Waals surface area contributed by atoms with Gasteiger partial charge >= 0.3 is 10.2 Å². The Morgan fingerprint density at radius 3 is 2.03 bits per heavy atom. The van der Waals surface area contributed by atoms with Gasteiger partial charge in [-0.3, -0.25) is 28.9 Å². The average molecular weight is 856 g/mol. The van der Waals surface area contributed by atoms with E-state index in [1.54, 1.807) is 24.8 Å². The fourth-order valence-corrected chi connectivity index (χ4v) is 13.8. The van der Waals surface area contributed by atoms with E-state index in [1.807, 2.05) is 20.8 Å². The summed E-state index contributed by atoms with van der Waals surface area (Å²) in [5.41, 5.74) is -2.29. The molecule has 4 saturated carbocycles. The van der Waals surface area contributed by atoms with Crippen molar-refractivity contribution in [3.63, 3.8) is 0 Å². The highest BCUT2D eigenvalue weighted by Crippen LogP contribution is 2.88. The van der Waals surface area contributed by atoms with E-state index in [2.05, 4.69) is 49.2 Å². The van der Waals surface area contributed by atoms with E-state index in [-0.39, 0.29) is 82.4 Å². The SMILES string of the molecule is C=C[C@@H]1C[C@]1(CC(=O)[C@@H]1C[C@@]2(CN1C(=O)[C@@H](CC(=O)[C@@H](NC(=O)[C@@H]1CCCCN1C(C)C)C1CCCCC1)C(C)(C)C)C(C)(C)C21CCC1)C(=O)NS(=O)(=O)N(C)C(C)C. The summed E-state index contributed by atoms with van der Waals surface area (Å²) in [5.74, 6) is -2.56. The predicted molar refractivity (Wildman–Crippen MR) is 233 cm³/mol. The lowest BCUT2D eigenvalue weighted by molar-refractivity contribution is -0.147. The van der Waals surface area contributed by atoms with Gasteiger partial charge in [0.25, 0.3) is 0 Å². The zero-order chi connectivity index (χ0) is 44.4. The van der Waals surface area contributed by atoms with Crippen molar-refractivity contribution in [1.29, 1.82) is 0 Å². The van der Waals surface area contributed by atoms with Crippen molar-refractivity contribution < 1.29 is 32.4 Å². The Hall–Kier alpha value is -2.64. The Balaban J connectivity index is 1.28. The average Bonchev–Trinajstić information content (AvgIpc) is 3.89. The summed E-state index contributed by atoms with van der Waals surface area (Å²) in [7, 11) is -2.75. The molecule has 0 aromatic heterocycles. The number of nitrogens with one attached hydrogen (secondary N) is 2. The molecule has 2 spiro atoms. The predicted octanol–water partition coefficient (Wildman–Crippen LogP) is 6.59. The van der Waals surface area contributed by atoms with Crippen molar-refractivity contribution in [2.24, 2.45) is 44.8 Å². The van der Waals surface area contributed by atoms with Crippen LogP contribution in [0.1, 0.15) is 159 Å². The van der Waals surface area contributed by atoms with Gasteiger partial charge in [-0.2, -0.15) is 12.7 Å². The molecule has 13 heteroatoms. The number of rotatable bonds is 16. The number of ketones is 2. The molecule has 12 nitrogen and oxygen atoms in total. The molecule has 2 N–H and O–H groups in total. The van der Waals surface area contributed by atoms with E-state index in [0.29, 0.717) is 19.4 Å². The summed E-state index contributed by atoms with van der Waals surface area (Å²) >= 11 is 0. The van der Waals surface area contributed by atoms with E-state index >= 15 is 4.79 Å². The number of hydrogen-bond donors (Lipinski definition) is 2. The molecule has 338 valence electrons. The van der Waals surface area contributed by atoms with Crippen LogP contribution in [-0.4, -0.2) is 102 Å². The van der Waals surface area contributed by atoms with E-state index in [1.165, 1.54) is 7.05 Å². The first-order valence-electron chi connectivity index (χ1n) is 23.3. The topological polar surface area (TPSA) is 153 Å². The van der Waals surface area contributed by atoms with E-state index in [4.69, 9.17) is 0 Å². The van der Waals surface area contributed by atoms with Gasteiger partial charge in [-0.15, -0.1) is 6.58 Å². The fourth-order valence-electron chi connectivity index (χ4n) is 12.6. The van der Waals surface area contributed by atoms with Gasteiger partial charge in [-0.05, 0) is 114 Å². The lowest BCUT2D eigenvalue weighted by Gasteiger charge is -2.40. The minimum atomic E-state index is -4.16. The van der Waals surface area contributed by atoms with Crippen LogP contribution in [-0.2, 0) is 34.2 Å². The van der Waals surface area contributed by atoms with Crippen molar-refractivity contribution in [2.45, 2.75) is 189 Å². The van der Waals surface area contributed by atoms with Crippen molar-refractivity contribution in [2.75, 3.05) is 20.1 Å². The highest BCUT2D eigenvalue weighted by atomic mass is 32.2. The molecule has 60 heavy (non-hydrogen) atoms. The monoisotopic (exact) mass is 856 g/mol. The third-order valence-corrected chi connectivity index (χ3v) is 18.8. The summed E-state index contributed by atoms with van der Waals surface area (Å²) < 4.78 is 29.7. The number of piperidine rings is 1. The lowest BCUT2D eigenvalue weighted by atomic mass is 9.73. The molecule has 4 aliphatic carbocycles. The number of carbonyl (C=O) groups excluding carboxylic acids is 5. The maximum atomic E-state index is 15.4. The van der Waals surface area contributed by atoms with Crippen LogP contribution in [0.4, 0.5) is 0 Å². The van der Waals surface area contributed by atoms with Crippen LogP contribution in [0.15, 0.2) is 12.7 Å². The molecular formula is C47H77N5O7S. The van der Waals surface area contributed by atoms with Gasteiger partial charge in [0.2, 0.25) is 17.7 Å². The Morgan fingerprint density at radius 2 is 1.52 bits per heavy atom. The second kappa shape index (κ2) is 16.8. The number of likely N-dealkylation sites (tertiary alicyclic amines) is 2. The molecule has 7 atom stereocenters. The van der Waals surface area contributed by atoms with Crippen LogP contribution in [0.2, 0.25) is 0 Å². The first-order valence-corrected chi connectivity index (χ1v) is 24.7. The third-order valence-electron chi connectivity index (χ3n) is 17.2. The zero-order valence-electron chi connectivity index (χ0n) is 38.5. The van der Waals surface area contributed by atoms with Crippen LogP contribution in [0, 0.1) is 44.8 Å². The van der Waals surface area contributed by atoms with Gasteiger partial charge in [-0.25, -0.2) is 4.72 Å². The minimum absolute atomic E-state index is 0.0000418. The molecule has 6 aliphatic rings. The molecule has 0 radical (unpaired) electrons. The summed E-state index contributed by atoms with van der Waals surface area (Å²) in [6, 6.07) is -1.98. The standard InChI is InChI=1S/C47H77N5O7S/c1-12-33-26-45(33,42(57)49-60(58,59)50(11)30(2)3)28-38(54)36-27-47(44(9,10)46(47)22-18-23-46)29-52(36)41(56)34(43(6,7)8)25-37(53)39(32-19-14-13-15-20-32)48-40(55)35-21-16-17-24-51(35)31(4)5/h12,30-36,39H,1,13-29H2,2-11H3,(H,48,55)(H,49,57)/t33-,34-,35+,36+,39+,45-,47-/m1/s1. The van der Waals surface area contributed by atoms with Crippen LogP contribution >= 0.6 is 0 Å². The summed E-state index contributed by atoms with van der Waals surface area (Å²) in [4.78, 5) is 77.2. The Morgan fingerprint density at radius 1 is 0.883 bits per heavy atom. The molecule has 3 amide bonds. The Kier molecular flexibility index (Phi) is 13.1. The molecular weight excluding hydrogens is 779 g/mol. The quantitative estimate of drug-likeness (QED) is 0.165. The van der Waals surface area contributed by atoms with Gasteiger partial charge in [-0.1, -0.05) is 72.8 Å². The number of hydrogen-bond acceptors (Lipinski definition) is 8. The Bertz CT molecular complexity index is 1810. The molecule has 0 unspecified atom stereocenters. The molecule has 0 bridgehead atoms. The minimum Gasteiger partial charge on any atom is -0.345 e. The molecule has 6 fully saturated rings. The van der Waals surface area contributed by atoms with Crippen LogP contribution in [0.3, 0.4) is 0 Å². The highest BCUT2D eigenvalue weighted by Gasteiger charge is 2.85. The summed E-state index contributed by atoms with van der Waals surface area (Å²) in [6.07, 6.45) is 12.9. The van der Waals surface area contributed by atoms with Crippen molar-refractivity contribution in [1.82, 2.24) is 24.1 Å². The molecule has 0 aromatic rings. The van der Waals surface area contributed by atoms with Crippen molar-refractivity contribution in [3.8, 4) is 0 Å². The highest BCUT2D eigenvalue weighted by molar-refractivity contribution is 7.87. The van der Waals surface area contributed by atoms with Gasteiger partial charge in [0, 0.05) is 49.9 Å².